The van der Waals surface area contributed by atoms with E-state index in [-0.39, 0.29) is 12.6 Å². The van der Waals surface area contributed by atoms with Gasteiger partial charge in [-0.1, -0.05) is 19.1 Å². The van der Waals surface area contributed by atoms with E-state index in [1.54, 1.807) is 0 Å². The largest absolute Gasteiger partial charge is 0.394 e. The van der Waals surface area contributed by atoms with Crippen molar-refractivity contribution in [3.05, 3.63) is 24.3 Å². The molecule has 0 aliphatic carbocycles. The molecule has 2 atom stereocenters. The Balaban J connectivity index is 1.99. The van der Waals surface area contributed by atoms with Gasteiger partial charge in [0, 0.05) is 6.54 Å². The highest BCUT2D eigenvalue weighted by atomic mass is 16.3. The Bertz CT molecular complexity index is 559. The first-order chi connectivity index (χ1) is 8.79. The minimum atomic E-state index is 0.105. The van der Waals surface area contributed by atoms with Crippen LogP contribution in [0.5, 0.6) is 0 Å². The van der Waals surface area contributed by atoms with Crippen LogP contribution < -0.4 is 4.90 Å². The van der Waals surface area contributed by atoms with Gasteiger partial charge in [-0.25, -0.2) is 4.98 Å². The monoisotopic (exact) mass is 244 g/mol. The summed E-state index contributed by atoms with van der Waals surface area (Å²) >= 11 is 0. The normalized spacial score (nSPS) is 23.8. The van der Waals surface area contributed by atoms with E-state index in [0.29, 0.717) is 11.9 Å². The molecule has 0 bridgehead atoms. The van der Waals surface area contributed by atoms with Crippen molar-refractivity contribution in [2.75, 3.05) is 18.1 Å². The molecule has 5 nitrogen and oxygen atoms in total. The average Bonchev–Trinajstić information content (AvgIpc) is 2.79. The van der Waals surface area contributed by atoms with Gasteiger partial charge in [0.05, 0.1) is 18.2 Å². The number of benzene rings is 1. The van der Waals surface area contributed by atoms with Crippen LogP contribution in [0.1, 0.15) is 13.3 Å². The molecule has 2 aromatic rings. The number of aliphatic hydroxyl groups is 1. The van der Waals surface area contributed by atoms with Crippen LogP contribution in [-0.2, 0) is 0 Å². The molecule has 0 amide bonds. The summed E-state index contributed by atoms with van der Waals surface area (Å²) in [6.45, 7) is 3.17. The predicted molar refractivity (Wildman–Crippen MR) is 69.3 cm³/mol. The number of rotatable bonds is 2. The Morgan fingerprint density at radius 2 is 2.06 bits per heavy atom. The quantitative estimate of drug-likeness (QED) is 0.861. The summed E-state index contributed by atoms with van der Waals surface area (Å²) in [4.78, 5) is 6.59. The van der Waals surface area contributed by atoms with Gasteiger partial charge in [-0.2, -0.15) is 0 Å². The second-order valence-electron chi connectivity index (χ2n) is 4.81. The second-order valence-corrected chi connectivity index (χ2v) is 4.81. The first kappa shape index (κ1) is 11.3. The molecule has 1 aliphatic heterocycles. The summed E-state index contributed by atoms with van der Waals surface area (Å²) in [5.74, 6) is 1.09. The zero-order chi connectivity index (χ0) is 12.5. The Kier molecular flexibility index (Phi) is 2.83. The van der Waals surface area contributed by atoms with Crippen molar-refractivity contribution in [3.8, 4) is 0 Å². The van der Waals surface area contributed by atoms with Gasteiger partial charge in [0.15, 0.2) is 0 Å². The zero-order valence-electron chi connectivity index (χ0n) is 10.3. The van der Waals surface area contributed by atoms with E-state index in [4.69, 9.17) is 0 Å². The number of anilines is 1. The molecule has 0 spiro atoms. The molecule has 0 radical (unpaired) electrons. The fourth-order valence-corrected chi connectivity index (χ4v) is 2.53. The number of nitrogens with zero attached hydrogens (tertiary/aromatic N) is 4. The fourth-order valence-electron chi connectivity index (χ4n) is 2.53. The maximum absolute atomic E-state index is 9.46. The van der Waals surface area contributed by atoms with Crippen LogP contribution >= 0.6 is 0 Å². The molecule has 1 saturated heterocycles. The highest BCUT2D eigenvalue weighted by Gasteiger charge is 2.32. The van der Waals surface area contributed by atoms with Crippen LogP contribution in [0.2, 0.25) is 0 Å². The van der Waals surface area contributed by atoms with Crippen LogP contribution in [0.4, 0.5) is 5.95 Å². The number of para-hydroxylation sites is 1. The maximum atomic E-state index is 9.46. The maximum Gasteiger partial charge on any atom is 0.246 e. The number of hydrogen-bond donors (Lipinski definition) is 1. The van der Waals surface area contributed by atoms with Gasteiger partial charge in [0.1, 0.15) is 5.52 Å². The third-order valence-electron chi connectivity index (χ3n) is 3.68. The molecule has 1 aliphatic rings. The molecule has 1 N–H and O–H groups in total. The summed E-state index contributed by atoms with van der Waals surface area (Å²) in [6, 6.07) is 7.80. The van der Waals surface area contributed by atoms with Gasteiger partial charge in [-0.3, -0.25) is 0 Å². The van der Waals surface area contributed by atoms with Crippen LogP contribution in [0.15, 0.2) is 24.3 Å². The zero-order valence-corrected chi connectivity index (χ0v) is 10.3. The number of fused-ring (bicyclic) bond motifs is 1. The van der Waals surface area contributed by atoms with E-state index in [2.05, 4.69) is 27.0 Å². The van der Waals surface area contributed by atoms with E-state index >= 15 is 0 Å². The molecule has 94 valence electrons. The van der Waals surface area contributed by atoms with Gasteiger partial charge in [-0.15, -0.1) is 10.2 Å². The van der Waals surface area contributed by atoms with Crippen LogP contribution in [0.25, 0.3) is 11.0 Å². The molecule has 1 aromatic heterocycles. The van der Waals surface area contributed by atoms with Crippen LogP contribution in [0, 0.1) is 5.92 Å². The fraction of sp³-hybridized carbons (Fsp3) is 0.462. The molecule has 3 rings (SSSR count). The van der Waals surface area contributed by atoms with Crippen LogP contribution in [0.3, 0.4) is 0 Å². The first-order valence-electron chi connectivity index (χ1n) is 6.26. The van der Waals surface area contributed by atoms with Gasteiger partial charge in [0.2, 0.25) is 5.95 Å². The molecule has 2 heterocycles. The summed E-state index contributed by atoms with van der Waals surface area (Å²) in [5, 5.41) is 17.8. The Morgan fingerprint density at radius 1 is 1.28 bits per heavy atom. The van der Waals surface area contributed by atoms with Gasteiger partial charge >= 0.3 is 0 Å². The van der Waals surface area contributed by atoms with E-state index in [1.807, 2.05) is 24.3 Å². The SMILES string of the molecule is CC1CCN(c2nnc3ccccc3n2)C1CO. The smallest absolute Gasteiger partial charge is 0.246 e. The van der Waals surface area contributed by atoms with Crippen molar-refractivity contribution >= 4 is 17.0 Å². The van der Waals surface area contributed by atoms with Gasteiger partial charge < -0.3 is 10.0 Å². The molecule has 18 heavy (non-hydrogen) atoms. The summed E-state index contributed by atoms with van der Waals surface area (Å²) in [7, 11) is 0. The summed E-state index contributed by atoms with van der Waals surface area (Å²) < 4.78 is 0. The third-order valence-corrected chi connectivity index (χ3v) is 3.68. The van der Waals surface area contributed by atoms with Crippen molar-refractivity contribution in [1.29, 1.82) is 0 Å². The molecular weight excluding hydrogens is 228 g/mol. The Morgan fingerprint density at radius 3 is 2.83 bits per heavy atom. The molecule has 0 saturated carbocycles. The summed E-state index contributed by atoms with van der Waals surface area (Å²) in [6.07, 6.45) is 1.06. The van der Waals surface area contributed by atoms with E-state index < -0.39 is 0 Å². The average molecular weight is 244 g/mol. The number of aromatic nitrogens is 3. The van der Waals surface area contributed by atoms with Gasteiger partial charge in [-0.05, 0) is 24.5 Å². The van der Waals surface area contributed by atoms with Crippen LogP contribution in [-0.4, -0.2) is 39.5 Å². The summed E-state index contributed by atoms with van der Waals surface area (Å²) in [5.41, 5.74) is 1.65. The van der Waals surface area contributed by atoms with Crippen molar-refractivity contribution in [2.24, 2.45) is 5.92 Å². The highest BCUT2D eigenvalue weighted by Crippen LogP contribution is 2.27. The molecular formula is C13H16N4O. The van der Waals surface area contributed by atoms with Gasteiger partial charge in [0.25, 0.3) is 0 Å². The number of hydrogen-bond acceptors (Lipinski definition) is 5. The second kappa shape index (κ2) is 4.49. The van der Waals surface area contributed by atoms with E-state index in [9.17, 15) is 5.11 Å². The van der Waals surface area contributed by atoms with Crippen molar-refractivity contribution < 1.29 is 5.11 Å². The molecule has 1 fully saturated rings. The van der Waals surface area contributed by atoms with Crippen molar-refractivity contribution in [2.45, 2.75) is 19.4 Å². The Hall–Kier alpha value is -1.75. The van der Waals surface area contributed by atoms with Crippen molar-refractivity contribution in [3.63, 3.8) is 0 Å². The highest BCUT2D eigenvalue weighted by molar-refractivity contribution is 5.74. The lowest BCUT2D eigenvalue weighted by molar-refractivity contribution is 0.244. The number of aliphatic hydroxyl groups excluding tert-OH is 1. The standard InChI is InChI=1S/C13H16N4O/c1-9-6-7-17(12(9)8-18)13-14-10-4-2-3-5-11(10)15-16-13/h2-5,9,12,18H,6-8H2,1H3. The lowest BCUT2D eigenvalue weighted by atomic mass is 10.0. The predicted octanol–water partition coefficient (Wildman–Crippen LogP) is 1.23. The molecule has 2 unspecified atom stereocenters. The third kappa shape index (κ3) is 1.80. The topological polar surface area (TPSA) is 62.1 Å². The minimum absolute atomic E-state index is 0.105. The Labute approximate surface area is 105 Å². The lowest BCUT2D eigenvalue weighted by Gasteiger charge is -2.24. The lowest BCUT2D eigenvalue weighted by Crippen LogP contribution is -2.36. The first-order valence-corrected chi connectivity index (χ1v) is 6.26. The van der Waals surface area contributed by atoms with E-state index in [1.165, 1.54) is 0 Å². The molecule has 1 aromatic carbocycles. The van der Waals surface area contributed by atoms with Crippen molar-refractivity contribution in [1.82, 2.24) is 15.2 Å². The minimum Gasteiger partial charge on any atom is -0.394 e. The molecule has 5 heteroatoms. The van der Waals surface area contributed by atoms with E-state index in [0.717, 1.165) is 24.0 Å².